The SMILES string of the molecule is N#Cc1c(N)[se]c2cccc(-c3c(C(F)(F)F)cc4c(N5C[C@H]6CC[C@@H](C5)N6)nc(OC[C@@]56CCCN5C[C@H](F)C6)nc4c3F)c12. The predicted octanol–water partition coefficient (Wildman–Crippen LogP) is 5.01. The summed E-state index contributed by atoms with van der Waals surface area (Å²) >= 11 is -0.480. The van der Waals surface area contributed by atoms with E-state index in [4.69, 9.17) is 10.5 Å². The van der Waals surface area contributed by atoms with E-state index < -0.39 is 49.3 Å². The van der Waals surface area contributed by atoms with Crippen LogP contribution in [0.1, 0.15) is 43.2 Å². The van der Waals surface area contributed by atoms with Crippen molar-refractivity contribution in [2.24, 2.45) is 0 Å². The predicted molar refractivity (Wildman–Crippen MR) is 164 cm³/mol. The summed E-state index contributed by atoms with van der Waals surface area (Å²) in [5.41, 5.74) is 3.41. The van der Waals surface area contributed by atoms with E-state index in [-0.39, 0.29) is 62.5 Å². The number of aromatic nitrogens is 2. The van der Waals surface area contributed by atoms with E-state index in [9.17, 15) is 22.8 Å². The molecule has 4 fully saturated rings. The Labute approximate surface area is 267 Å². The standard InChI is InChI=1S/C32H30F5N7OSe/c33-16-10-31(7-2-8-44(31)12-16)15-45-30-41-27-20(29(42-30)43-13-17-5-6-18(14-43)40-17)9-22(32(35,36)37)25(26(27)34)19-3-1-4-23-24(19)21(11-38)28(39)46-23/h1,3-4,9,16-18,40H,2,5-8,10,12-15,39H2/t16-,17-,18+,31+/m1/s1. The van der Waals surface area contributed by atoms with Crippen LogP contribution in [0.15, 0.2) is 24.3 Å². The quantitative estimate of drug-likeness (QED) is 0.221. The van der Waals surface area contributed by atoms with Crippen molar-refractivity contribution in [2.45, 2.75) is 62.1 Å². The molecule has 0 amide bonds. The van der Waals surface area contributed by atoms with E-state index >= 15 is 4.39 Å². The van der Waals surface area contributed by atoms with Crippen LogP contribution in [0.2, 0.25) is 0 Å². The Morgan fingerprint density at radius 3 is 2.70 bits per heavy atom. The molecule has 4 aliphatic heterocycles. The molecular weight excluding hydrogens is 672 g/mol. The number of nitrogen functional groups attached to an aromatic ring is 1. The molecular formula is C32H30F5N7OSe. The number of nitrogens with zero attached hydrogens (tertiary/aromatic N) is 5. The van der Waals surface area contributed by atoms with E-state index in [0.717, 1.165) is 38.3 Å². The molecule has 4 aliphatic rings. The number of nitrogens with two attached hydrogens (primary N) is 1. The molecule has 0 unspecified atom stereocenters. The van der Waals surface area contributed by atoms with Crippen LogP contribution in [0, 0.1) is 17.1 Å². The summed E-state index contributed by atoms with van der Waals surface area (Å²) in [6.45, 7) is 2.13. The second kappa shape index (κ2) is 10.8. The molecule has 6 heterocycles. The average molecular weight is 703 g/mol. The number of anilines is 2. The molecule has 4 aromatic rings. The molecule has 46 heavy (non-hydrogen) atoms. The summed E-state index contributed by atoms with van der Waals surface area (Å²) in [7, 11) is 0. The fraction of sp³-hybridized carbons (Fsp3) is 0.469. The Bertz CT molecular complexity index is 1910. The molecule has 0 aliphatic carbocycles. The number of piperazine rings is 1. The Kier molecular flexibility index (Phi) is 6.99. The summed E-state index contributed by atoms with van der Waals surface area (Å²) in [5, 5.41) is 13.5. The zero-order valence-corrected chi connectivity index (χ0v) is 26.3. The molecule has 4 atom stereocenters. The number of halogens is 5. The number of fused-ring (bicyclic) bond motifs is 5. The van der Waals surface area contributed by atoms with Gasteiger partial charge in [-0.2, -0.15) is 0 Å². The summed E-state index contributed by atoms with van der Waals surface area (Å²) in [6.07, 6.45) is -2.15. The van der Waals surface area contributed by atoms with Gasteiger partial charge in [0.2, 0.25) is 0 Å². The van der Waals surface area contributed by atoms with Crippen LogP contribution in [0.3, 0.4) is 0 Å². The first kappa shape index (κ1) is 29.9. The third kappa shape index (κ3) is 4.74. The number of hydrogen-bond acceptors (Lipinski definition) is 8. The van der Waals surface area contributed by atoms with Gasteiger partial charge in [-0.05, 0) is 13.0 Å². The molecule has 14 heteroatoms. The molecule has 2 aromatic carbocycles. The van der Waals surface area contributed by atoms with Gasteiger partial charge in [-0.3, -0.25) is 0 Å². The van der Waals surface area contributed by atoms with Crippen molar-refractivity contribution in [3.05, 3.63) is 41.2 Å². The molecule has 0 spiro atoms. The average Bonchev–Trinajstić information content (AvgIpc) is 3.74. The maximum absolute atomic E-state index is 17.0. The minimum atomic E-state index is -4.94. The van der Waals surface area contributed by atoms with Gasteiger partial charge in [0.25, 0.3) is 0 Å². The van der Waals surface area contributed by atoms with Crippen molar-refractivity contribution in [1.82, 2.24) is 20.2 Å². The maximum atomic E-state index is 17.0. The molecule has 8 rings (SSSR count). The van der Waals surface area contributed by atoms with Gasteiger partial charge in [0.1, 0.15) is 6.17 Å². The minimum absolute atomic E-state index is 0.0602. The molecule has 4 saturated heterocycles. The zero-order valence-electron chi connectivity index (χ0n) is 24.6. The molecule has 2 aromatic heterocycles. The van der Waals surface area contributed by atoms with Crippen LogP contribution in [0.5, 0.6) is 6.01 Å². The number of benzene rings is 2. The van der Waals surface area contributed by atoms with Crippen LogP contribution >= 0.6 is 0 Å². The van der Waals surface area contributed by atoms with Gasteiger partial charge in [-0.25, -0.2) is 4.39 Å². The third-order valence-corrected chi connectivity index (χ3v) is 12.1. The van der Waals surface area contributed by atoms with Crippen molar-refractivity contribution in [3.63, 3.8) is 0 Å². The second-order valence-electron chi connectivity index (χ2n) is 12.9. The van der Waals surface area contributed by atoms with Gasteiger partial charge in [0.05, 0.1) is 0 Å². The Hall–Kier alpha value is -3.50. The van der Waals surface area contributed by atoms with Crippen molar-refractivity contribution >= 4 is 45.4 Å². The first-order valence-electron chi connectivity index (χ1n) is 15.4. The number of alkyl halides is 4. The van der Waals surface area contributed by atoms with Crippen LogP contribution in [-0.4, -0.2) is 86.0 Å². The van der Waals surface area contributed by atoms with E-state index in [1.54, 1.807) is 12.1 Å². The topological polar surface area (TPSA) is 103 Å². The fourth-order valence-electron chi connectivity index (χ4n) is 8.09. The van der Waals surface area contributed by atoms with Gasteiger partial charge in [-0.15, -0.1) is 0 Å². The Morgan fingerprint density at radius 1 is 1.17 bits per heavy atom. The molecule has 8 nitrogen and oxygen atoms in total. The van der Waals surface area contributed by atoms with E-state index in [2.05, 4.69) is 20.2 Å². The van der Waals surface area contributed by atoms with Crippen LogP contribution < -0.4 is 20.7 Å². The molecule has 0 radical (unpaired) electrons. The molecule has 3 N–H and O–H groups in total. The third-order valence-electron chi connectivity index (χ3n) is 10.1. The molecule has 0 saturated carbocycles. The molecule has 2 bridgehead atoms. The van der Waals surface area contributed by atoms with Crippen molar-refractivity contribution < 1.29 is 26.7 Å². The van der Waals surface area contributed by atoms with E-state index in [1.807, 2.05) is 11.0 Å². The van der Waals surface area contributed by atoms with Crippen molar-refractivity contribution in [2.75, 3.05) is 43.4 Å². The molecule has 240 valence electrons. The van der Waals surface area contributed by atoms with Gasteiger partial charge >= 0.3 is 237 Å². The normalized spacial score (nSPS) is 26.3. The van der Waals surface area contributed by atoms with E-state index in [0.29, 0.717) is 30.3 Å². The van der Waals surface area contributed by atoms with Crippen molar-refractivity contribution in [3.8, 4) is 23.2 Å². The van der Waals surface area contributed by atoms with Crippen LogP contribution in [0.25, 0.3) is 31.7 Å². The summed E-state index contributed by atoms with van der Waals surface area (Å²) in [5.74, 6) is -1.00. The van der Waals surface area contributed by atoms with Crippen LogP contribution in [0.4, 0.5) is 32.3 Å². The summed E-state index contributed by atoms with van der Waals surface area (Å²) < 4.78 is 83.2. The monoisotopic (exact) mass is 703 g/mol. The van der Waals surface area contributed by atoms with Gasteiger partial charge in [0.15, 0.2) is 0 Å². The number of nitriles is 1. The second-order valence-corrected chi connectivity index (χ2v) is 15.1. The van der Waals surface area contributed by atoms with E-state index in [1.165, 1.54) is 6.07 Å². The zero-order chi connectivity index (χ0) is 32.0. The van der Waals surface area contributed by atoms with Gasteiger partial charge in [0, 0.05) is 6.54 Å². The van der Waals surface area contributed by atoms with Crippen LogP contribution in [-0.2, 0) is 6.18 Å². The summed E-state index contributed by atoms with van der Waals surface area (Å²) in [6, 6.07) is 7.67. The Balaban J connectivity index is 1.33. The van der Waals surface area contributed by atoms with Gasteiger partial charge < -0.3 is 0 Å². The summed E-state index contributed by atoms with van der Waals surface area (Å²) in [4.78, 5) is 13.0. The van der Waals surface area contributed by atoms with Crippen molar-refractivity contribution in [1.29, 1.82) is 5.26 Å². The van der Waals surface area contributed by atoms with Gasteiger partial charge in [-0.1, -0.05) is 0 Å². The number of ether oxygens (including phenoxy) is 1. The first-order valence-corrected chi connectivity index (χ1v) is 17.1. The first-order chi connectivity index (χ1) is 22.0. The number of rotatable bonds is 5. The number of nitrogens with one attached hydrogen (secondary N) is 1. The number of hydrogen-bond donors (Lipinski definition) is 2. The fourth-order valence-corrected chi connectivity index (χ4v) is 10.1. The Morgan fingerprint density at radius 2 is 1.96 bits per heavy atom.